The van der Waals surface area contributed by atoms with Crippen LogP contribution in [0.3, 0.4) is 0 Å². The van der Waals surface area contributed by atoms with Gasteiger partial charge in [0.25, 0.3) is 5.91 Å². The molecule has 1 amide bonds. The van der Waals surface area contributed by atoms with E-state index in [1.807, 2.05) is 54.3 Å². The zero-order chi connectivity index (χ0) is 20.2. The maximum atomic E-state index is 13.4. The molecular formula is C22H26N3O3S+. The Morgan fingerprint density at radius 3 is 2.83 bits per heavy atom. The normalized spacial score (nSPS) is 14.8. The topological polar surface area (TPSA) is 56.1 Å². The van der Waals surface area contributed by atoms with E-state index in [1.54, 1.807) is 7.11 Å². The van der Waals surface area contributed by atoms with Gasteiger partial charge in [-0.2, -0.15) is 0 Å². The number of carbonyl (C=O) groups excluding carboxylic acids is 1. The summed E-state index contributed by atoms with van der Waals surface area (Å²) in [7, 11) is 1.65. The Morgan fingerprint density at radius 1 is 1.24 bits per heavy atom. The molecule has 1 saturated heterocycles. The summed E-state index contributed by atoms with van der Waals surface area (Å²) in [6.07, 6.45) is 0. The molecule has 0 unspecified atom stereocenters. The van der Waals surface area contributed by atoms with E-state index in [0.29, 0.717) is 12.1 Å². The third kappa shape index (κ3) is 4.58. The highest BCUT2D eigenvalue weighted by atomic mass is 32.1. The lowest BCUT2D eigenvalue weighted by atomic mass is 10.1. The number of nitrogens with one attached hydrogen (secondary N) is 1. The van der Waals surface area contributed by atoms with Crippen molar-refractivity contribution in [1.82, 2.24) is 4.98 Å². The third-order valence-corrected chi connectivity index (χ3v) is 6.26. The first kappa shape index (κ1) is 19.8. The second kappa shape index (κ2) is 8.90. The maximum absolute atomic E-state index is 13.4. The number of anilines is 1. The largest absolute Gasteiger partial charge is 0.497 e. The molecule has 29 heavy (non-hydrogen) atoms. The van der Waals surface area contributed by atoms with Crippen LogP contribution in [0, 0.1) is 6.92 Å². The number of methoxy groups -OCH3 is 1. The quantitative estimate of drug-likeness (QED) is 0.674. The zero-order valence-electron chi connectivity index (χ0n) is 16.8. The molecule has 2 aromatic carbocycles. The molecule has 1 aliphatic rings. The number of quaternary nitrogens is 1. The van der Waals surface area contributed by atoms with E-state index in [1.165, 1.54) is 16.2 Å². The molecule has 1 aromatic heterocycles. The standard InChI is InChI=1S/C22H25N3O3S/c1-16-4-3-5-17(14-16)21(26)25(9-8-24-10-12-28-13-11-24)22-23-19-7-6-18(27-2)15-20(19)29-22/h3-7,14-15H,8-13H2,1-2H3/p+1. The van der Waals surface area contributed by atoms with Gasteiger partial charge in [0, 0.05) is 5.56 Å². The molecule has 152 valence electrons. The lowest BCUT2D eigenvalue weighted by Gasteiger charge is -2.27. The Labute approximate surface area is 174 Å². The average molecular weight is 413 g/mol. The maximum Gasteiger partial charge on any atom is 0.260 e. The molecule has 1 N–H and O–H groups in total. The Kier molecular flexibility index (Phi) is 6.08. The van der Waals surface area contributed by atoms with Gasteiger partial charge in [-0.05, 0) is 37.3 Å². The van der Waals surface area contributed by atoms with Crippen molar-refractivity contribution in [3.63, 3.8) is 0 Å². The number of amides is 1. The van der Waals surface area contributed by atoms with Crippen LogP contribution >= 0.6 is 11.3 Å². The van der Waals surface area contributed by atoms with Gasteiger partial charge in [0.15, 0.2) is 5.13 Å². The van der Waals surface area contributed by atoms with Gasteiger partial charge in [-0.25, -0.2) is 4.98 Å². The number of fused-ring (bicyclic) bond motifs is 1. The van der Waals surface area contributed by atoms with Crippen molar-refractivity contribution in [3.8, 4) is 5.75 Å². The Bertz CT molecular complexity index is 998. The van der Waals surface area contributed by atoms with Gasteiger partial charge in [-0.1, -0.05) is 29.0 Å². The van der Waals surface area contributed by atoms with E-state index in [4.69, 9.17) is 14.5 Å². The van der Waals surface area contributed by atoms with Crippen LogP contribution in [0.2, 0.25) is 0 Å². The highest BCUT2D eigenvalue weighted by Crippen LogP contribution is 2.32. The fourth-order valence-corrected chi connectivity index (χ4v) is 4.55. The van der Waals surface area contributed by atoms with E-state index in [-0.39, 0.29) is 5.91 Å². The molecule has 3 aromatic rings. The van der Waals surface area contributed by atoms with E-state index in [9.17, 15) is 4.79 Å². The summed E-state index contributed by atoms with van der Waals surface area (Å²) in [4.78, 5) is 21.4. The Hall–Kier alpha value is -2.48. The van der Waals surface area contributed by atoms with Gasteiger partial charge < -0.3 is 14.4 Å². The van der Waals surface area contributed by atoms with Crippen LogP contribution in [-0.4, -0.2) is 57.4 Å². The molecule has 0 bridgehead atoms. The third-order valence-electron chi connectivity index (χ3n) is 5.21. The Balaban J connectivity index is 1.64. The van der Waals surface area contributed by atoms with Gasteiger partial charge in [-0.3, -0.25) is 9.69 Å². The molecule has 7 heteroatoms. The smallest absolute Gasteiger partial charge is 0.260 e. The van der Waals surface area contributed by atoms with Crippen molar-refractivity contribution in [1.29, 1.82) is 0 Å². The number of hydrogen-bond donors (Lipinski definition) is 1. The van der Waals surface area contributed by atoms with Gasteiger partial charge in [-0.15, -0.1) is 0 Å². The van der Waals surface area contributed by atoms with Crippen molar-refractivity contribution in [2.75, 3.05) is 51.4 Å². The SMILES string of the molecule is COc1ccc2nc(N(CC[NH+]3CCOCC3)C(=O)c3cccc(C)c3)sc2c1. The fourth-order valence-electron chi connectivity index (χ4n) is 3.53. The summed E-state index contributed by atoms with van der Waals surface area (Å²) >= 11 is 1.53. The number of benzene rings is 2. The second-order valence-corrected chi connectivity index (χ2v) is 8.28. The number of hydrogen-bond acceptors (Lipinski definition) is 5. The highest BCUT2D eigenvalue weighted by Gasteiger charge is 2.24. The summed E-state index contributed by atoms with van der Waals surface area (Å²) in [6, 6.07) is 13.6. The minimum Gasteiger partial charge on any atom is -0.497 e. The second-order valence-electron chi connectivity index (χ2n) is 7.27. The van der Waals surface area contributed by atoms with E-state index >= 15 is 0 Å². The van der Waals surface area contributed by atoms with Crippen LogP contribution in [0.5, 0.6) is 5.75 Å². The van der Waals surface area contributed by atoms with Gasteiger partial charge >= 0.3 is 0 Å². The number of rotatable bonds is 6. The van der Waals surface area contributed by atoms with Crippen LogP contribution in [0.25, 0.3) is 10.2 Å². The molecule has 0 saturated carbocycles. The van der Waals surface area contributed by atoms with Crippen LogP contribution in [0.4, 0.5) is 5.13 Å². The lowest BCUT2D eigenvalue weighted by molar-refractivity contribution is -0.906. The first-order valence-corrected chi connectivity index (χ1v) is 10.7. The van der Waals surface area contributed by atoms with E-state index in [2.05, 4.69) is 0 Å². The first-order valence-electron chi connectivity index (χ1n) is 9.88. The molecular weight excluding hydrogens is 386 g/mol. The van der Waals surface area contributed by atoms with Gasteiger partial charge in [0.05, 0.1) is 43.6 Å². The summed E-state index contributed by atoms with van der Waals surface area (Å²) in [5, 5.41) is 0.729. The van der Waals surface area contributed by atoms with Crippen molar-refractivity contribution in [2.45, 2.75) is 6.92 Å². The van der Waals surface area contributed by atoms with Crippen molar-refractivity contribution >= 4 is 32.6 Å². The molecule has 0 atom stereocenters. The highest BCUT2D eigenvalue weighted by molar-refractivity contribution is 7.22. The van der Waals surface area contributed by atoms with E-state index < -0.39 is 0 Å². The summed E-state index contributed by atoms with van der Waals surface area (Å²) < 4.78 is 11.8. The van der Waals surface area contributed by atoms with Crippen LogP contribution in [-0.2, 0) is 4.74 Å². The molecule has 1 fully saturated rings. The van der Waals surface area contributed by atoms with Crippen molar-refractivity contribution in [2.24, 2.45) is 0 Å². The number of aryl methyl sites for hydroxylation is 1. The summed E-state index contributed by atoms with van der Waals surface area (Å²) in [5.41, 5.74) is 2.65. The van der Waals surface area contributed by atoms with E-state index in [0.717, 1.165) is 59.5 Å². The van der Waals surface area contributed by atoms with Crippen molar-refractivity contribution in [3.05, 3.63) is 53.6 Å². The number of aromatic nitrogens is 1. The van der Waals surface area contributed by atoms with Crippen LogP contribution in [0.15, 0.2) is 42.5 Å². The molecule has 1 aliphatic heterocycles. The summed E-state index contributed by atoms with van der Waals surface area (Å²) in [5.74, 6) is 0.786. The lowest BCUT2D eigenvalue weighted by Crippen LogP contribution is -3.14. The number of carbonyl (C=O) groups is 1. The number of ether oxygens (including phenoxy) is 2. The number of nitrogens with zero attached hydrogens (tertiary/aromatic N) is 2. The summed E-state index contributed by atoms with van der Waals surface area (Å²) in [6.45, 7) is 7.01. The molecule has 2 heterocycles. The predicted octanol–water partition coefficient (Wildman–Crippen LogP) is 2.18. The minimum atomic E-state index is -0.00706. The molecule has 0 aliphatic carbocycles. The molecule has 0 radical (unpaired) electrons. The van der Waals surface area contributed by atoms with Crippen LogP contribution in [0.1, 0.15) is 15.9 Å². The van der Waals surface area contributed by atoms with Crippen molar-refractivity contribution < 1.29 is 19.2 Å². The first-order chi connectivity index (χ1) is 14.1. The predicted molar refractivity (Wildman–Crippen MR) is 115 cm³/mol. The molecule has 4 rings (SSSR count). The fraction of sp³-hybridized carbons (Fsp3) is 0.364. The Morgan fingerprint density at radius 2 is 2.07 bits per heavy atom. The average Bonchev–Trinajstić information content (AvgIpc) is 3.17. The number of thiazole rings is 1. The van der Waals surface area contributed by atoms with Gasteiger partial charge in [0.1, 0.15) is 18.8 Å². The number of morpholine rings is 1. The monoisotopic (exact) mass is 412 g/mol. The van der Waals surface area contributed by atoms with Crippen LogP contribution < -0.4 is 14.5 Å². The minimum absolute atomic E-state index is 0.00706. The molecule has 6 nitrogen and oxygen atoms in total. The van der Waals surface area contributed by atoms with Gasteiger partial charge in [0.2, 0.25) is 0 Å². The molecule has 0 spiro atoms. The zero-order valence-corrected chi connectivity index (χ0v) is 17.6.